The summed E-state index contributed by atoms with van der Waals surface area (Å²) in [5, 5.41) is 7.94. The van der Waals surface area contributed by atoms with Gasteiger partial charge >= 0.3 is 0 Å². The van der Waals surface area contributed by atoms with Crippen molar-refractivity contribution < 1.29 is 18.4 Å². The fraction of sp³-hybridized carbons (Fsp3) is 0.0952. The highest BCUT2D eigenvalue weighted by Crippen LogP contribution is 2.26. The van der Waals surface area contributed by atoms with Crippen molar-refractivity contribution in [3.8, 4) is 5.69 Å². The predicted octanol–water partition coefficient (Wildman–Crippen LogP) is 2.81. The van der Waals surface area contributed by atoms with Gasteiger partial charge in [-0.3, -0.25) is 14.6 Å². The molecule has 3 aromatic rings. The van der Waals surface area contributed by atoms with Gasteiger partial charge in [-0.25, -0.2) is 8.78 Å². The van der Waals surface area contributed by atoms with Crippen molar-refractivity contribution in [2.24, 2.45) is 10.8 Å². The van der Waals surface area contributed by atoms with Gasteiger partial charge in [-0.15, -0.1) is 0 Å². The summed E-state index contributed by atoms with van der Waals surface area (Å²) in [7, 11) is 0. The number of hydrogen-bond acceptors (Lipinski definition) is 4. The molecule has 0 saturated heterocycles. The molecule has 4 rings (SSSR count). The number of aromatic nitrogens is 1. The summed E-state index contributed by atoms with van der Waals surface area (Å²) in [5.41, 5.74) is 6.50. The monoisotopic (exact) mass is 409 g/mol. The highest BCUT2D eigenvalue weighted by molar-refractivity contribution is 6.44. The van der Waals surface area contributed by atoms with Crippen LogP contribution in [0.4, 0.5) is 20.2 Å². The van der Waals surface area contributed by atoms with Gasteiger partial charge in [-0.05, 0) is 54.6 Å². The first-order valence-corrected chi connectivity index (χ1v) is 9.08. The molecule has 30 heavy (non-hydrogen) atoms. The Labute approximate surface area is 170 Å². The Morgan fingerprint density at radius 3 is 2.37 bits per heavy atom. The van der Waals surface area contributed by atoms with Crippen molar-refractivity contribution in [2.75, 3.05) is 10.3 Å². The molecule has 0 saturated carbocycles. The molecular weight excluding hydrogens is 392 g/mol. The Morgan fingerprint density at radius 1 is 1.03 bits per heavy atom. The number of halogens is 2. The molecule has 7 nitrogen and oxygen atoms in total. The molecular formula is C21H17F2N5O2. The molecule has 0 radical (unpaired) electrons. The lowest BCUT2D eigenvalue weighted by Crippen LogP contribution is -2.39. The van der Waals surface area contributed by atoms with Crippen molar-refractivity contribution in [1.82, 2.24) is 4.57 Å². The minimum atomic E-state index is -0.910. The van der Waals surface area contributed by atoms with Gasteiger partial charge in [0.15, 0.2) is 0 Å². The van der Waals surface area contributed by atoms with Crippen LogP contribution < -0.4 is 16.1 Å². The number of carbonyl (C=O) groups is 2. The SMILES string of the molecule is NC(=O)C1CC(C(=O)Nc2cc(-n3cccc3)ccc2F)=NN1c1ccc(F)cc1. The molecule has 1 aromatic heterocycles. The molecule has 2 aromatic carbocycles. The topological polar surface area (TPSA) is 92.7 Å². The van der Waals surface area contributed by atoms with E-state index in [9.17, 15) is 18.4 Å². The van der Waals surface area contributed by atoms with E-state index in [0.29, 0.717) is 11.4 Å². The molecule has 152 valence electrons. The zero-order chi connectivity index (χ0) is 21.3. The van der Waals surface area contributed by atoms with E-state index in [1.54, 1.807) is 23.0 Å². The highest BCUT2D eigenvalue weighted by atomic mass is 19.1. The van der Waals surface area contributed by atoms with Crippen LogP contribution in [0.1, 0.15) is 6.42 Å². The maximum atomic E-state index is 14.3. The lowest BCUT2D eigenvalue weighted by Gasteiger charge is -2.20. The highest BCUT2D eigenvalue weighted by Gasteiger charge is 2.35. The summed E-state index contributed by atoms with van der Waals surface area (Å²) in [6.45, 7) is 0. The largest absolute Gasteiger partial charge is 0.368 e. The second kappa shape index (κ2) is 7.78. The maximum absolute atomic E-state index is 14.3. The normalized spacial score (nSPS) is 15.7. The van der Waals surface area contributed by atoms with Crippen LogP contribution in [0.25, 0.3) is 5.69 Å². The first-order chi connectivity index (χ1) is 14.4. The van der Waals surface area contributed by atoms with Crippen LogP contribution in [0.2, 0.25) is 0 Å². The zero-order valence-corrected chi connectivity index (χ0v) is 15.6. The summed E-state index contributed by atoms with van der Waals surface area (Å²) in [5.74, 6) is -2.41. The van der Waals surface area contributed by atoms with Gasteiger partial charge in [-0.1, -0.05) is 0 Å². The average Bonchev–Trinajstić information content (AvgIpc) is 3.40. The molecule has 2 heterocycles. The van der Waals surface area contributed by atoms with Crippen molar-refractivity contribution in [3.05, 3.63) is 78.6 Å². The van der Waals surface area contributed by atoms with Gasteiger partial charge in [0.05, 0.1) is 11.4 Å². The van der Waals surface area contributed by atoms with Gasteiger partial charge in [0, 0.05) is 24.5 Å². The lowest BCUT2D eigenvalue weighted by molar-refractivity contribution is -0.119. The van der Waals surface area contributed by atoms with E-state index < -0.39 is 29.5 Å². The number of hydrogen-bond donors (Lipinski definition) is 2. The molecule has 1 atom stereocenters. The Kier molecular flexibility index (Phi) is 5.01. The molecule has 0 aliphatic carbocycles. The first-order valence-electron chi connectivity index (χ1n) is 9.08. The average molecular weight is 409 g/mol. The van der Waals surface area contributed by atoms with E-state index in [2.05, 4.69) is 10.4 Å². The second-order valence-corrected chi connectivity index (χ2v) is 6.70. The number of primary amides is 1. The van der Waals surface area contributed by atoms with Gasteiger partial charge < -0.3 is 15.6 Å². The van der Waals surface area contributed by atoms with Crippen molar-refractivity contribution in [1.29, 1.82) is 0 Å². The predicted molar refractivity (Wildman–Crippen MR) is 108 cm³/mol. The van der Waals surface area contributed by atoms with Crippen molar-refractivity contribution in [2.45, 2.75) is 12.5 Å². The Hall–Kier alpha value is -4.01. The molecule has 1 aliphatic heterocycles. The first kappa shape index (κ1) is 19.3. The Balaban J connectivity index is 1.59. The van der Waals surface area contributed by atoms with E-state index in [1.807, 2.05) is 12.1 Å². The van der Waals surface area contributed by atoms with Gasteiger partial charge in [0.25, 0.3) is 5.91 Å². The summed E-state index contributed by atoms with van der Waals surface area (Å²) >= 11 is 0. The molecule has 0 spiro atoms. The van der Waals surface area contributed by atoms with E-state index in [0.717, 1.165) is 0 Å². The maximum Gasteiger partial charge on any atom is 0.272 e. The third-order valence-electron chi connectivity index (χ3n) is 4.69. The van der Waals surface area contributed by atoms with Gasteiger partial charge in [0.2, 0.25) is 5.91 Å². The Morgan fingerprint density at radius 2 is 1.70 bits per heavy atom. The number of anilines is 2. The molecule has 2 amide bonds. The van der Waals surface area contributed by atoms with Crippen LogP contribution in [-0.4, -0.2) is 28.1 Å². The summed E-state index contributed by atoms with van der Waals surface area (Å²) in [6, 6.07) is 12.3. The molecule has 0 fully saturated rings. The van der Waals surface area contributed by atoms with Crippen molar-refractivity contribution in [3.63, 3.8) is 0 Å². The number of rotatable bonds is 5. The summed E-state index contributed by atoms with van der Waals surface area (Å²) in [4.78, 5) is 24.6. The zero-order valence-electron chi connectivity index (χ0n) is 15.6. The molecule has 1 unspecified atom stereocenters. The van der Waals surface area contributed by atoms with E-state index in [-0.39, 0.29) is 17.8 Å². The fourth-order valence-electron chi connectivity index (χ4n) is 3.17. The van der Waals surface area contributed by atoms with Crippen LogP contribution in [-0.2, 0) is 9.59 Å². The smallest absolute Gasteiger partial charge is 0.272 e. The second-order valence-electron chi connectivity index (χ2n) is 6.70. The minimum absolute atomic E-state index is 0.00823. The fourth-order valence-corrected chi connectivity index (χ4v) is 3.17. The van der Waals surface area contributed by atoms with Gasteiger partial charge in [0.1, 0.15) is 23.4 Å². The van der Waals surface area contributed by atoms with Crippen LogP contribution in [0.3, 0.4) is 0 Å². The van der Waals surface area contributed by atoms with E-state index >= 15 is 0 Å². The molecule has 1 aliphatic rings. The standard InChI is InChI=1S/C21H17F2N5O2/c22-13-3-5-14(6-4-13)28-19(20(24)29)12-18(26-28)21(30)25-17-11-15(7-8-16(17)23)27-9-1-2-10-27/h1-11,19H,12H2,(H2,24,29)(H,25,30). The number of amides is 2. The number of hydrazone groups is 1. The van der Waals surface area contributed by atoms with Crippen LogP contribution in [0.15, 0.2) is 72.1 Å². The van der Waals surface area contributed by atoms with Crippen LogP contribution >= 0.6 is 0 Å². The van der Waals surface area contributed by atoms with Crippen LogP contribution in [0.5, 0.6) is 0 Å². The van der Waals surface area contributed by atoms with E-state index in [4.69, 9.17) is 5.73 Å². The summed E-state index contributed by atoms with van der Waals surface area (Å²) < 4.78 is 29.2. The van der Waals surface area contributed by atoms with Crippen molar-refractivity contribution >= 4 is 28.9 Å². The third-order valence-corrected chi connectivity index (χ3v) is 4.69. The third kappa shape index (κ3) is 3.77. The number of nitrogens with zero attached hydrogens (tertiary/aromatic N) is 3. The quantitative estimate of drug-likeness (QED) is 0.679. The lowest BCUT2D eigenvalue weighted by atomic mass is 10.1. The number of nitrogens with two attached hydrogens (primary N) is 1. The molecule has 0 bridgehead atoms. The molecule has 3 N–H and O–H groups in total. The minimum Gasteiger partial charge on any atom is -0.368 e. The number of nitrogens with one attached hydrogen (secondary N) is 1. The van der Waals surface area contributed by atoms with E-state index in [1.165, 1.54) is 41.4 Å². The van der Waals surface area contributed by atoms with Crippen LogP contribution in [0, 0.1) is 11.6 Å². The number of carbonyl (C=O) groups excluding carboxylic acids is 2. The van der Waals surface area contributed by atoms with Gasteiger partial charge in [-0.2, -0.15) is 5.10 Å². The number of benzene rings is 2. The summed E-state index contributed by atoms with van der Waals surface area (Å²) in [6.07, 6.45) is 3.52. The molecule has 9 heteroatoms. The Bertz CT molecular complexity index is 1130.